The van der Waals surface area contributed by atoms with E-state index in [2.05, 4.69) is 15.4 Å². The van der Waals surface area contributed by atoms with E-state index in [1.165, 1.54) is 6.20 Å². The number of aromatic amines is 1. The number of aromatic nitrogens is 3. The molecule has 2 fully saturated rings. The summed E-state index contributed by atoms with van der Waals surface area (Å²) >= 11 is 0. The summed E-state index contributed by atoms with van der Waals surface area (Å²) in [7, 11) is 0. The highest BCUT2D eigenvalue weighted by molar-refractivity contribution is 5.82. The Labute approximate surface area is 136 Å². The third-order valence-electron chi connectivity index (χ3n) is 5.44. The van der Waals surface area contributed by atoms with E-state index in [0.29, 0.717) is 24.6 Å². The fourth-order valence-corrected chi connectivity index (χ4v) is 3.85. The highest BCUT2D eigenvalue weighted by atomic mass is 16.5. The van der Waals surface area contributed by atoms with Crippen molar-refractivity contribution in [2.75, 3.05) is 26.3 Å². The topological polar surface area (TPSA) is 91.3 Å². The molecular weight excluding hydrogens is 296 g/mol. The van der Waals surface area contributed by atoms with Crippen LogP contribution in [0.3, 0.4) is 0 Å². The number of piperidine rings is 1. The van der Waals surface area contributed by atoms with E-state index in [1.54, 1.807) is 4.90 Å². The molecule has 0 aromatic carbocycles. The molecule has 1 atom stereocenters. The van der Waals surface area contributed by atoms with Gasteiger partial charge in [0.2, 0.25) is 5.91 Å². The standard InChI is InChI=1S/C16H26N4O3/c1-15(2,12-4-8-23-9-5-12)14(21)20-7-3-6-16(22,11-20)13-10-17-19-18-13/h10,12,22H,3-9,11H2,1-2H3,(H,17,18,19)/t16-/m1/s1. The number of aliphatic hydroxyl groups is 1. The van der Waals surface area contributed by atoms with Gasteiger partial charge >= 0.3 is 0 Å². The molecule has 3 rings (SSSR count). The maximum atomic E-state index is 13.1. The first-order chi connectivity index (χ1) is 10.9. The molecule has 2 aliphatic heterocycles. The van der Waals surface area contributed by atoms with Gasteiger partial charge in [-0.15, -0.1) is 0 Å². The summed E-state index contributed by atoms with van der Waals surface area (Å²) in [6, 6.07) is 0. The average molecular weight is 322 g/mol. The predicted octanol–water partition coefficient (Wildman–Crippen LogP) is 1.07. The smallest absolute Gasteiger partial charge is 0.228 e. The Balaban J connectivity index is 1.74. The van der Waals surface area contributed by atoms with Crippen LogP contribution in [0.5, 0.6) is 0 Å². The molecule has 3 heterocycles. The number of β-amino-alcohol motifs (C(OH)–C–C–N with tert-alkyl or cyclic N) is 1. The van der Waals surface area contributed by atoms with Gasteiger partial charge in [-0.05, 0) is 31.6 Å². The summed E-state index contributed by atoms with van der Waals surface area (Å²) < 4.78 is 5.42. The van der Waals surface area contributed by atoms with Crippen LogP contribution in [0.15, 0.2) is 6.20 Å². The zero-order valence-corrected chi connectivity index (χ0v) is 13.9. The summed E-state index contributed by atoms with van der Waals surface area (Å²) in [5.41, 5.74) is -1.03. The molecule has 0 saturated carbocycles. The highest BCUT2D eigenvalue weighted by Gasteiger charge is 2.45. The second-order valence-electron chi connectivity index (χ2n) is 7.33. The van der Waals surface area contributed by atoms with Crippen molar-refractivity contribution in [3.63, 3.8) is 0 Å². The molecule has 7 nitrogen and oxygen atoms in total. The van der Waals surface area contributed by atoms with Crippen LogP contribution in [0.1, 0.15) is 45.2 Å². The fourth-order valence-electron chi connectivity index (χ4n) is 3.85. The average Bonchev–Trinajstić information content (AvgIpc) is 3.10. The maximum Gasteiger partial charge on any atom is 0.228 e. The Bertz CT molecular complexity index is 540. The number of ether oxygens (including phenoxy) is 1. The van der Waals surface area contributed by atoms with Crippen LogP contribution in [0.25, 0.3) is 0 Å². The Hall–Kier alpha value is -1.47. The minimum absolute atomic E-state index is 0.117. The molecule has 23 heavy (non-hydrogen) atoms. The summed E-state index contributed by atoms with van der Waals surface area (Å²) in [5, 5.41) is 21.2. The first-order valence-electron chi connectivity index (χ1n) is 8.39. The third-order valence-corrected chi connectivity index (χ3v) is 5.44. The van der Waals surface area contributed by atoms with Gasteiger partial charge < -0.3 is 14.7 Å². The summed E-state index contributed by atoms with van der Waals surface area (Å²) in [4.78, 5) is 14.9. The lowest BCUT2D eigenvalue weighted by Crippen LogP contribution is -2.54. The zero-order valence-electron chi connectivity index (χ0n) is 13.9. The van der Waals surface area contributed by atoms with Crippen molar-refractivity contribution >= 4 is 5.91 Å². The van der Waals surface area contributed by atoms with Crippen LogP contribution < -0.4 is 0 Å². The molecule has 7 heteroatoms. The molecule has 2 aliphatic rings. The number of carbonyl (C=O) groups excluding carboxylic acids is 1. The van der Waals surface area contributed by atoms with Crippen molar-refractivity contribution in [1.29, 1.82) is 0 Å². The number of amides is 1. The van der Waals surface area contributed by atoms with Gasteiger partial charge in [-0.25, -0.2) is 0 Å². The van der Waals surface area contributed by atoms with Gasteiger partial charge in [0, 0.05) is 25.2 Å². The van der Waals surface area contributed by atoms with Crippen LogP contribution >= 0.6 is 0 Å². The molecule has 1 aromatic heterocycles. The third kappa shape index (κ3) is 3.12. The van der Waals surface area contributed by atoms with E-state index in [0.717, 1.165) is 32.5 Å². The van der Waals surface area contributed by atoms with Crippen LogP contribution in [0.4, 0.5) is 0 Å². The first-order valence-corrected chi connectivity index (χ1v) is 8.39. The van der Waals surface area contributed by atoms with Gasteiger partial charge in [0.15, 0.2) is 0 Å². The number of carbonyl (C=O) groups is 1. The Morgan fingerprint density at radius 1 is 1.48 bits per heavy atom. The van der Waals surface area contributed by atoms with E-state index < -0.39 is 11.0 Å². The van der Waals surface area contributed by atoms with Crippen molar-refractivity contribution in [3.05, 3.63) is 11.9 Å². The van der Waals surface area contributed by atoms with Gasteiger partial charge in [-0.1, -0.05) is 13.8 Å². The van der Waals surface area contributed by atoms with Crippen LogP contribution in [-0.4, -0.2) is 57.6 Å². The molecule has 0 radical (unpaired) electrons. The highest BCUT2D eigenvalue weighted by Crippen LogP contribution is 2.38. The normalized spacial score (nSPS) is 27.2. The van der Waals surface area contributed by atoms with E-state index in [9.17, 15) is 9.90 Å². The number of hydrogen-bond acceptors (Lipinski definition) is 5. The first kappa shape index (κ1) is 16.4. The molecule has 128 valence electrons. The second-order valence-corrected chi connectivity index (χ2v) is 7.33. The Kier molecular flexibility index (Phi) is 4.42. The molecule has 2 saturated heterocycles. The lowest BCUT2D eigenvalue weighted by atomic mass is 9.73. The lowest BCUT2D eigenvalue weighted by Gasteiger charge is -2.44. The van der Waals surface area contributed by atoms with Gasteiger partial charge in [0.1, 0.15) is 11.3 Å². The molecule has 1 aromatic rings. The Morgan fingerprint density at radius 3 is 2.87 bits per heavy atom. The van der Waals surface area contributed by atoms with E-state index in [-0.39, 0.29) is 12.5 Å². The summed E-state index contributed by atoms with van der Waals surface area (Å²) in [6.07, 6.45) is 4.73. The van der Waals surface area contributed by atoms with Gasteiger partial charge in [-0.3, -0.25) is 4.79 Å². The van der Waals surface area contributed by atoms with E-state index in [1.807, 2.05) is 13.8 Å². The molecule has 0 spiro atoms. The molecule has 0 bridgehead atoms. The molecule has 0 unspecified atom stereocenters. The van der Waals surface area contributed by atoms with Crippen molar-refractivity contribution in [1.82, 2.24) is 20.3 Å². The fraction of sp³-hybridized carbons (Fsp3) is 0.812. The number of rotatable bonds is 3. The van der Waals surface area contributed by atoms with Crippen LogP contribution in [0, 0.1) is 11.3 Å². The summed E-state index contributed by atoms with van der Waals surface area (Å²) in [5.74, 6) is 0.442. The monoisotopic (exact) mass is 322 g/mol. The van der Waals surface area contributed by atoms with E-state index >= 15 is 0 Å². The Morgan fingerprint density at radius 2 is 2.22 bits per heavy atom. The molecule has 0 aliphatic carbocycles. The lowest BCUT2D eigenvalue weighted by molar-refractivity contribution is -0.153. The number of hydrogen-bond donors (Lipinski definition) is 2. The number of likely N-dealkylation sites (tertiary alicyclic amines) is 1. The van der Waals surface area contributed by atoms with Crippen molar-refractivity contribution in [2.24, 2.45) is 11.3 Å². The maximum absolute atomic E-state index is 13.1. The number of H-pyrrole nitrogens is 1. The molecular formula is C16H26N4O3. The number of nitrogens with zero attached hydrogens (tertiary/aromatic N) is 3. The minimum atomic E-state index is -1.10. The van der Waals surface area contributed by atoms with Gasteiger partial charge in [0.25, 0.3) is 0 Å². The SMILES string of the molecule is CC(C)(C(=O)N1CCC[C@](O)(c2cn[nH]n2)C1)C1CCOCC1. The second kappa shape index (κ2) is 6.20. The molecule has 1 amide bonds. The number of nitrogens with one attached hydrogen (secondary N) is 1. The van der Waals surface area contributed by atoms with Crippen molar-refractivity contribution in [2.45, 2.75) is 45.1 Å². The summed E-state index contributed by atoms with van der Waals surface area (Å²) in [6.45, 7) is 6.47. The van der Waals surface area contributed by atoms with E-state index in [4.69, 9.17) is 4.74 Å². The van der Waals surface area contributed by atoms with Gasteiger partial charge in [0.05, 0.1) is 12.7 Å². The van der Waals surface area contributed by atoms with Gasteiger partial charge in [-0.2, -0.15) is 15.4 Å². The minimum Gasteiger partial charge on any atom is -0.382 e. The van der Waals surface area contributed by atoms with Crippen LogP contribution in [-0.2, 0) is 15.1 Å². The van der Waals surface area contributed by atoms with Crippen LogP contribution in [0.2, 0.25) is 0 Å². The quantitative estimate of drug-likeness (QED) is 0.868. The predicted molar refractivity (Wildman–Crippen MR) is 83.4 cm³/mol. The zero-order chi connectivity index (χ0) is 16.5. The van der Waals surface area contributed by atoms with Crippen molar-refractivity contribution in [3.8, 4) is 0 Å². The van der Waals surface area contributed by atoms with Crippen molar-refractivity contribution < 1.29 is 14.6 Å². The largest absolute Gasteiger partial charge is 0.382 e. The molecule has 2 N–H and O–H groups in total.